The van der Waals surface area contributed by atoms with Gasteiger partial charge in [-0.1, -0.05) is 115 Å². The predicted molar refractivity (Wildman–Crippen MR) is 167 cm³/mol. The number of benzene rings is 2. The molecule has 7 heteroatoms. The van der Waals surface area contributed by atoms with Crippen LogP contribution in [-0.2, 0) is 0 Å². The van der Waals surface area contributed by atoms with Crippen LogP contribution in [0.15, 0.2) is 58.2 Å². The maximum absolute atomic E-state index is 10.6. The first-order valence-corrected chi connectivity index (χ1v) is 16.2. The molecule has 0 atom stereocenters. The first-order chi connectivity index (χ1) is 19.7. The lowest BCUT2D eigenvalue weighted by Crippen LogP contribution is -1.99. The molecule has 0 bridgehead atoms. The topological polar surface area (TPSA) is 87.3 Å². The van der Waals surface area contributed by atoms with Gasteiger partial charge in [-0.05, 0) is 30.7 Å². The minimum Gasteiger partial charge on any atom is -0.506 e. The van der Waals surface area contributed by atoms with Gasteiger partial charge in [0, 0.05) is 11.6 Å². The third-order valence-corrected chi connectivity index (χ3v) is 7.95. The summed E-state index contributed by atoms with van der Waals surface area (Å²) in [6, 6.07) is 10.0. The second-order valence-electron chi connectivity index (χ2n) is 10.5. The first-order valence-electron chi connectivity index (χ1n) is 15.3. The molecule has 3 rings (SSSR count). The molecule has 0 aliphatic carbocycles. The van der Waals surface area contributed by atoms with Crippen molar-refractivity contribution < 1.29 is 14.9 Å². The van der Waals surface area contributed by atoms with E-state index in [1.807, 2.05) is 5.38 Å². The van der Waals surface area contributed by atoms with Crippen molar-refractivity contribution in [2.45, 2.75) is 110 Å². The number of azo groups is 1. The van der Waals surface area contributed by atoms with Crippen LogP contribution in [0.2, 0.25) is 0 Å². The van der Waals surface area contributed by atoms with Crippen LogP contribution in [0.25, 0.3) is 10.6 Å². The molecule has 3 aromatic rings. The molecule has 0 fully saturated rings. The fourth-order valence-corrected chi connectivity index (χ4v) is 5.51. The second-order valence-corrected chi connectivity index (χ2v) is 11.4. The standard InChI is InChI=1S/C33H47N3O3S/c1-2-3-4-5-6-7-8-9-10-11-12-13-14-15-16-19-25-39-30-23-22-29(38)32(31(30)33-34-24-26-40-33)36-35-27-20-17-18-21-28(27)37/h17-18,20-24,26,37-38H,2-16,19,25H2,1H3. The van der Waals surface area contributed by atoms with Crippen molar-refractivity contribution in [1.29, 1.82) is 0 Å². The molecular weight excluding hydrogens is 518 g/mol. The third-order valence-electron chi connectivity index (χ3n) is 7.16. The van der Waals surface area contributed by atoms with Crippen molar-refractivity contribution in [2.24, 2.45) is 10.2 Å². The van der Waals surface area contributed by atoms with Gasteiger partial charge in [-0.25, -0.2) is 4.98 Å². The molecule has 0 aliphatic heterocycles. The Morgan fingerprint density at radius 3 is 1.88 bits per heavy atom. The number of aromatic hydroxyl groups is 2. The molecule has 40 heavy (non-hydrogen) atoms. The van der Waals surface area contributed by atoms with Gasteiger partial charge in [0.1, 0.15) is 33.6 Å². The summed E-state index contributed by atoms with van der Waals surface area (Å²) in [7, 11) is 0. The number of thiazole rings is 1. The molecule has 0 unspecified atom stereocenters. The van der Waals surface area contributed by atoms with Gasteiger partial charge in [-0.2, -0.15) is 0 Å². The minimum absolute atomic E-state index is 0.0147. The maximum Gasteiger partial charge on any atom is 0.144 e. The third kappa shape index (κ3) is 11.3. The molecule has 0 spiro atoms. The van der Waals surface area contributed by atoms with E-state index < -0.39 is 0 Å². The average molecular weight is 566 g/mol. The summed E-state index contributed by atoms with van der Waals surface area (Å²) in [5, 5.41) is 31.6. The molecule has 0 amide bonds. The van der Waals surface area contributed by atoms with Gasteiger partial charge in [-0.3, -0.25) is 0 Å². The van der Waals surface area contributed by atoms with E-state index in [2.05, 4.69) is 22.1 Å². The van der Waals surface area contributed by atoms with E-state index in [9.17, 15) is 10.2 Å². The number of phenolic OH excluding ortho intramolecular Hbond substituents is 2. The second kappa shape index (κ2) is 19.2. The zero-order chi connectivity index (χ0) is 28.3. The van der Waals surface area contributed by atoms with E-state index in [0.29, 0.717) is 28.6 Å². The van der Waals surface area contributed by atoms with Crippen molar-refractivity contribution in [2.75, 3.05) is 6.61 Å². The highest BCUT2D eigenvalue weighted by Crippen LogP contribution is 2.45. The number of hydrogen-bond acceptors (Lipinski definition) is 7. The summed E-state index contributed by atoms with van der Waals surface area (Å²) < 4.78 is 6.16. The molecule has 2 aromatic carbocycles. The molecule has 0 aliphatic rings. The number of hydrogen-bond donors (Lipinski definition) is 2. The lowest BCUT2D eigenvalue weighted by Gasteiger charge is -2.13. The number of para-hydroxylation sites is 1. The minimum atomic E-state index is -0.0147. The summed E-state index contributed by atoms with van der Waals surface area (Å²) in [6.07, 6.45) is 23.1. The van der Waals surface area contributed by atoms with Crippen molar-refractivity contribution >= 4 is 22.7 Å². The van der Waals surface area contributed by atoms with Gasteiger partial charge in [0.25, 0.3) is 0 Å². The summed E-state index contributed by atoms with van der Waals surface area (Å²) in [6.45, 7) is 2.87. The zero-order valence-electron chi connectivity index (χ0n) is 24.2. The van der Waals surface area contributed by atoms with Crippen LogP contribution in [0, 0.1) is 0 Å². The number of rotatable bonds is 21. The molecule has 0 saturated heterocycles. The summed E-state index contributed by atoms with van der Waals surface area (Å²) in [5.41, 5.74) is 1.22. The molecular formula is C33H47N3O3S. The smallest absolute Gasteiger partial charge is 0.144 e. The van der Waals surface area contributed by atoms with Crippen LogP contribution in [0.5, 0.6) is 17.2 Å². The Hall–Kier alpha value is -2.93. The highest BCUT2D eigenvalue weighted by molar-refractivity contribution is 7.13. The molecule has 0 saturated carbocycles. The SMILES string of the molecule is CCCCCCCCCCCCCCCCCCOc1ccc(O)c(N=Nc2ccccc2O)c1-c1nccs1. The number of aromatic nitrogens is 1. The van der Waals surface area contributed by atoms with Gasteiger partial charge in [0.15, 0.2) is 0 Å². The van der Waals surface area contributed by atoms with Gasteiger partial charge in [-0.15, -0.1) is 21.6 Å². The zero-order valence-corrected chi connectivity index (χ0v) is 25.0. The molecule has 6 nitrogen and oxygen atoms in total. The highest BCUT2D eigenvalue weighted by Gasteiger charge is 2.19. The Bertz CT molecular complexity index is 1120. The Kier molecular flexibility index (Phi) is 15.2. The number of ether oxygens (including phenoxy) is 1. The molecule has 2 N–H and O–H groups in total. The number of unbranched alkanes of at least 4 members (excludes halogenated alkanes) is 15. The number of phenols is 2. The lowest BCUT2D eigenvalue weighted by molar-refractivity contribution is 0.305. The normalized spacial score (nSPS) is 11.4. The van der Waals surface area contributed by atoms with Crippen LogP contribution in [0.4, 0.5) is 11.4 Å². The Balaban J connectivity index is 1.36. The highest BCUT2D eigenvalue weighted by atomic mass is 32.1. The maximum atomic E-state index is 10.6. The average Bonchev–Trinajstić information content (AvgIpc) is 3.50. The van der Waals surface area contributed by atoms with Gasteiger partial charge >= 0.3 is 0 Å². The van der Waals surface area contributed by atoms with Crippen molar-refractivity contribution in [3.63, 3.8) is 0 Å². The van der Waals surface area contributed by atoms with E-state index in [-0.39, 0.29) is 17.2 Å². The number of nitrogens with zero attached hydrogens (tertiary/aromatic N) is 3. The first kappa shape index (κ1) is 31.6. The van der Waals surface area contributed by atoms with E-state index in [4.69, 9.17) is 4.74 Å². The van der Waals surface area contributed by atoms with E-state index >= 15 is 0 Å². The van der Waals surface area contributed by atoms with Gasteiger partial charge in [0.05, 0.1) is 12.2 Å². The van der Waals surface area contributed by atoms with E-state index in [0.717, 1.165) is 12.8 Å². The lowest BCUT2D eigenvalue weighted by atomic mass is 10.0. The van der Waals surface area contributed by atoms with Crippen molar-refractivity contribution in [1.82, 2.24) is 4.98 Å². The van der Waals surface area contributed by atoms with Crippen LogP contribution in [-0.4, -0.2) is 21.8 Å². The molecule has 1 aromatic heterocycles. The molecule has 1 heterocycles. The van der Waals surface area contributed by atoms with Crippen LogP contribution in [0.3, 0.4) is 0 Å². The van der Waals surface area contributed by atoms with Gasteiger partial charge < -0.3 is 14.9 Å². The summed E-state index contributed by atoms with van der Waals surface area (Å²) in [4.78, 5) is 4.43. The van der Waals surface area contributed by atoms with Crippen LogP contribution < -0.4 is 4.74 Å². The summed E-state index contributed by atoms with van der Waals surface area (Å²) in [5.74, 6) is 0.636. The Morgan fingerprint density at radius 2 is 1.30 bits per heavy atom. The van der Waals surface area contributed by atoms with Crippen LogP contribution >= 0.6 is 11.3 Å². The monoisotopic (exact) mass is 565 g/mol. The molecule has 218 valence electrons. The predicted octanol–water partition coefficient (Wildman–Crippen LogP) is 11.3. The quantitative estimate of drug-likeness (QED) is 0.0993. The fraction of sp³-hybridized carbons (Fsp3) is 0.545. The van der Waals surface area contributed by atoms with Crippen molar-refractivity contribution in [3.05, 3.63) is 48.0 Å². The summed E-state index contributed by atoms with van der Waals surface area (Å²) >= 11 is 1.45. The van der Waals surface area contributed by atoms with Crippen molar-refractivity contribution in [3.8, 4) is 27.8 Å². The Labute approximate surface area is 244 Å². The van der Waals surface area contributed by atoms with Gasteiger partial charge in [0.2, 0.25) is 0 Å². The molecule has 0 radical (unpaired) electrons. The van der Waals surface area contributed by atoms with Crippen LogP contribution in [0.1, 0.15) is 110 Å². The Morgan fingerprint density at radius 1 is 0.700 bits per heavy atom. The largest absolute Gasteiger partial charge is 0.506 e. The van der Waals surface area contributed by atoms with E-state index in [1.165, 1.54) is 101 Å². The fourth-order valence-electron chi connectivity index (χ4n) is 4.82. The van der Waals surface area contributed by atoms with E-state index in [1.54, 1.807) is 42.6 Å².